The molecule has 1 saturated heterocycles. The second-order valence-electron chi connectivity index (χ2n) is 6.00. The third kappa shape index (κ3) is 3.56. The van der Waals surface area contributed by atoms with E-state index >= 15 is 0 Å². The quantitative estimate of drug-likeness (QED) is 0.647. The monoisotopic (exact) mass is 338 g/mol. The van der Waals surface area contributed by atoms with Gasteiger partial charge in [-0.1, -0.05) is 6.07 Å². The summed E-state index contributed by atoms with van der Waals surface area (Å²) in [4.78, 5) is 41.9. The number of imide groups is 1. The van der Waals surface area contributed by atoms with Gasteiger partial charge in [-0.15, -0.1) is 0 Å². The molecule has 0 bridgehead atoms. The maximum absolute atomic E-state index is 12.6. The normalized spacial score (nSPS) is 17.0. The van der Waals surface area contributed by atoms with Gasteiger partial charge in [-0.2, -0.15) is 0 Å². The third-order valence-electron chi connectivity index (χ3n) is 3.91. The summed E-state index contributed by atoms with van der Waals surface area (Å²) < 4.78 is 0. The summed E-state index contributed by atoms with van der Waals surface area (Å²) in [5.41, 5.74) is 8.03. The Morgan fingerprint density at radius 2 is 1.76 bits per heavy atom. The van der Waals surface area contributed by atoms with Gasteiger partial charge >= 0.3 is 0 Å². The lowest BCUT2D eigenvalue weighted by molar-refractivity contribution is -0.121. The van der Waals surface area contributed by atoms with Gasteiger partial charge in [0, 0.05) is 18.0 Å². The Morgan fingerprint density at radius 3 is 2.40 bits per heavy atom. The number of nitrogens with one attached hydrogen (secondary N) is 2. The van der Waals surface area contributed by atoms with Crippen LogP contribution in [0.25, 0.3) is 0 Å². The lowest BCUT2D eigenvalue weighted by Gasteiger charge is -2.17. The van der Waals surface area contributed by atoms with E-state index in [0.717, 1.165) is 16.0 Å². The first-order valence-corrected chi connectivity index (χ1v) is 7.86. The minimum atomic E-state index is -0.792. The third-order valence-corrected chi connectivity index (χ3v) is 3.91. The van der Waals surface area contributed by atoms with Crippen molar-refractivity contribution in [2.24, 2.45) is 0 Å². The molecule has 1 aliphatic heterocycles. The summed E-state index contributed by atoms with van der Waals surface area (Å²) in [5, 5.41) is 0. The van der Waals surface area contributed by atoms with Crippen molar-refractivity contribution in [3.63, 3.8) is 0 Å². The smallest absolute Gasteiger partial charge is 0.265 e. The molecule has 7 heteroatoms. The number of anilines is 1. The van der Waals surface area contributed by atoms with Crippen molar-refractivity contribution in [3.05, 3.63) is 59.4 Å². The number of hydrogen-bond donors (Lipinski definition) is 2. The number of rotatable bonds is 4. The van der Waals surface area contributed by atoms with Crippen molar-refractivity contribution < 1.29 is 14.4 Å². The Kier molecular flexibility index (Phi) is 4.58. The van der Waals surface area contributed by atoms with Crippen molar-refractivity contribution >= 4 is 23.4 Å². The largest absolute Gasteiger partial charge is 0.287 e. The van der Waals surface area contributed by atoms with Gasteiger partial charge in [0.05, 0.1) is 12.1 Å². The topological polar surface area (TPSA) is 91.4 Å². The van der Waals surface area contributed by atoms with E-state index in [2.05, 4.69) is 15.8 Å². The average Bonchev–Trinajstić information content (AvgIpc) is 2.86. The highest BCUT2D eigenvalue weighted by molar-refractivity contribution is 6.22. The van der Waals surface area contributed by atoms with Crippen LogP contribution in [0.15, 0.2) is 42.7 Å². The number of hydrogen-bond acceptors (Lipinski definition) is 5. The molecule has 1 aliphatic rings. The molecule has 1 atom stereocenters. The van der Waals surface area contributed by atoms with Crippen molar-refractivity contribution in [2.45, 2.75) is 26.3 Å². The molecule has 128 valence electrons. The number of aromatic nitrogens is 1. The Hall–Kier alpha value is -3.06. The molecule has 2 heterocycles. The Labute approximate surface area is 145 Å². The average molecular weight is 338 g/mol. The highest BCUT2D eigenvalue weighted by Crippen LogP contribution is 2.25. The molecule has 3 rings (SSSR count). The molecular formula is C18H18N4O3. The number of benzene rings is 1. The first-order chi connectivity index (χ1) is 12.0. The highest BCUT2D eigenvalue weighted by Gasteiger charge is 2.39. The Morgan fingerprint density at radius 1 is 1.12 bits per heavy atom. The summed E-state index contributed by atoms with van der Waals surface area (Å²) in [5.74, 6) is -1.08. The molecule has 0 radical (unpaired) electrons. The molecule has 1 aromatic carbocycles. The zero-order valence-electron chi connectivity index (χ0n) is 13.9. The molecule has 0 saturated carbocycles. The predicted octanol–water partition coefficient (Wildman–Crippen LogP) is 1.26. The molecule has 0 spiro atoms. The molecule has 1 fully saturated rings. The number of carbonyl (C=O) groups is 3. The first kappa shape index (κ1) is 16.8. The maximum Gasteiger partial charge on any atom is 0.265 e. The molecular weight excluding hydrogens is 320 g/mol. The number of hydrazine groups is 1. The van der Waals surface area contributed by atoms with Crippen molar-refractivity contribution in [1.29, 1.82) is 0 Å². The minimum Gasteiger partial charge on any atom is -0.287 e. The Bertz CT molecular complexity index is 815. The second kappa shape index (κ2) is 6.82. The van der Waals surface area contributed by atoms with E-state index in [1.165, 1.54) is 12.4 Å². The molecule has 7 nitrogen and oxygen atoms in total. The molecule has 2 N–H and O–H groups in total. The number of aryl methyl sites for hydroxylation is 2. The van der Waals surface area contributed by atoms with Crippen molar-refractivity contribution in [1.82, 2.24) is 15.8 Å². The fraction of sp³-hybridized carbons (Fsp3) is 0.222. The fourth-order valence-electron chi connectivity index (χ4n) is 2.82. The van der Waals surface area contributed by atoms with E-state index in [0.29, 0.717) is 11.3 Å². The van der Waals surface area contributed by atoms with E-state index in [1.54, 1.807) is 24.3 Å². The minimum absolute atomic E-state index is 0.0115. The summed E-state index contributed by atoms with van der Waals surface area (Å²) in [6.07, 6.45) is 2.99. The van der Waals surface area contributed by atoms with Crippen LogP contribution in [-0.4, -0.2) is 28.7 Å². The van der Waals surface area contributed by atoms with E-state index in [4.69, 9.17) is 0 Å². The lowest BCUT2D eigenvalue weighted by atomic mass is 10.1. The molecule has 1 aromatic heterocycles. The van der Waals surface area contributed by atoms with Crippen LogP contribution in [0.3, 0.4) is 0 Å². The van der Waals surface area contributed by atoms with Gasteiger partial charge in [0.1, 0.15) is 6.04 Å². The van der Waals surface area contributed by atoms with Gasteiger partial charge < -0.3 is 0 Å². The van der Waals surface area contributed by atoms with Crippen LogP contribution in [0.5, 0.6) is 0 Å². The summed E-state index contributed by atoms with van der Waals surface area (Å²) >= 11 is 0. The Balaban J connectivity index is 1.70. The van der Waals surface area contributed by atoms with Gasteiger partial charge in [-0.3, -0.25) is 24.8 Å². The van der Waals surface area contributed by atoms with E-state index < -0.39 is 11.9 Å². The van der Waals surface area contributed by atoms with Gasteiger partial charge in [0.2, 0.25) is 5.91 Å². The van der Waals surface area contributed by atoms with Crippen molar-refractivity contribution in [2.75, 3.05) is 4.90 Å². The van der Waals surface area contributed by atoms with Crippen LogP contribution in [0.2, 0.25) is 0 Å². The van der Waals surface area contributed by atoms with Crippen LogP contribution >= 0.6 is 0 Å². The fourth-order valence-corrected chi connectivity index (χ4v) is 2.82. The standard InChI is InChI=1S/C18H18N4O3/c1-11-7-12(2)9-14(8-11)22-16(23)10-15(18(22)25)20-21-17(24)13-3-5-19-6-4-13/h3-9,15,20H,10H2,1-2H3,(H,21,24)/t15-/m1/s1. The SMILES string of the molecule is Cc1cc(C)cc(N2C(=O)C[C@@H](NNC(=O)c3ccncc3)C2=O)c1. The lowest BCUT2D eigenvalue weighted by Crippen LogP contribution is -2.48. The maximum atomic E-state index is 12.6. The van der Waals surface area contributed by atoms with Crippen LogP contribution in [0.4, 0.5) is 5.69 Å². The molecule has 2 aromatic rings. The molecule has 0 unspecified atom stereocenters. The molecule has 0 aliphatic carbocycles. The summed E-state index contributed by atoms with van der Waals surface area (Å²) in [6.45, 7) is 3.82. The number of carbonyl (C=O) groups excluding carboxylic acids is 3. The van der Waals surface area contributed by atoms with Crippen molar-refractivity contribution in [3.8, 4) is 0 Å². The van der Waals surface area contributed by atoms with Gasteiger partial charge in [0.25, 0.3) is 11.8 Å². The highest BCUT2D eigenvalue weighted by atomic mass is 16.2. The predicted molar refractivity (Wildman–Crippen MR) is 91.7 cm³/mol. The van der Waals surface area contributed by atoms with Gasteiger partial charge in [0.15, 0.2) is 0 Å². The number of nitrogens with zero attached hydrogens (tertiary/aromatic N) is 2. The zero-order valence-corrected chi connectivity index (χ0v) is 13.9. The first-order valence-electron chi connectivity index (χ1n) is 7.86. The number of pyridine rings is 1. The second-order valence-corrected chi connectivity index (χ2v) is 6.00. The summed E-state index contributed by atoms with van der Waals surface area (Å²) in [7, 11) is 0. The number of amides is 3. The van der Waals surface area contributed by atoms with Crippen LogP contribution < -0.4 is 15.8 Å². The van der Waals surface area contributed by atoms with Gasteiger partial charge in [-0.05, 0) is 49.2 Å². The molecule has 3 amide bonds. The van der Waals surface area contributed by atoms with Crippen LogP contribution in [-0.2, 0) is 9.59 Å². The van der Waals surface area contributed by atoms with E-state index in [1.807, 2.05) is 19.9 Å². The van der Waals surface area contributed by atoms with Gasteiger partial charge in [-0.25, -0.2) is 10.3 Å². The zero-order chi connectivity index (χ0) is 18.0. The van der Waals surface area contributed by atoms with Crippen LogP contribution in [0, 0.1) is 13.8 Å². The summed E-state index contributed by atoms with van der Waals surface area (Å²) in [6, 6.07) is 7.88. The van der Waals surface area contributed by atoms with Crippen LogP contribution in [0.1, 0.15) is 27.9 Å². The van der Waals surface area contributed by atoms with E-state index in [-0.39, 0.29) is 18.2 Å². The van der Waals surface area contributed by atoms with E-state index in [9.17, 15) is 14.4 Å². The molecule has 25 heavy (non-hydrogen) atoms.